The molecule has 0 saturated heterocycles. The number of aryl methyl sites for hydroxylation is 1. The number of aromatic amines is 1. The van der Waals surface area contributed by atoms with Crippen molar-refractivity contribution >= 4 is 27.9 Å². The van der Waals surface area contributed by atoms with Crippen LogP contribution in [0.4, 0.5) is 5.69 Å². The fourth-order valence-corrected chi connectivity index (χ4v) is 4.56. The van der Waals surface area contributed by atoms with Gasteiger partial charge in [0.05, 0.1) is 11.2 Å². The zero-order chi connectivity index (χ0) is 23.7. The molecule has 2 aromatic heterocycles. The lowest BCUT2D eigenvalue weighted by molar-refractivity contribution is 0.296. The van der Waals surface area contributed by atoms with E-state index in [1.165, 1.54) is 5.56 Å². The van der Waals surface area contributed by atoms with Gasteiger partial charge in [0, 0.05) is 53.9 Å². The predicted octanol–water partition coefficient (Wildman–Crippen LogP) is 4.52. The van der Waals surface area contributed by atoms with Crippen molar-refractivity contribution in [1.29, 1.82) is 5.41 Å². The van der Waals surface area contributed by atoms with Crippen LogP contribution in [0.5, 0.6) is 0 Å². The second kappa shape index (κ2) is 9.08. The highest BCUT2D eigenvalue weighted by Crippen LogP contribution is 2.26. The van der Waals surface area contributed by atoms with Gasteiger partial charge in [0.2, 0.25) is 0 Å². The first-order chi connectivity index (χ1) is 16.5. The minimum atomic E-state index is -0.118. The van der Waals surface area contributed by atoms with Crippen LogP contribution in [-0.4, -0.2) is 33.7 Å². The Morgan fingerprint density at radius 2 is 1.97 bits per heavy atom. The van der Waals surface area contributed by atoms with Gasteiger partial charge in [0.1, 0.15) is 0 Å². The lowest BCUT2D eigenvalue weighted by atomic mass is 9.96. The first-order valence-electron chi connectivity index (χ1n) is 11.4. The number of hydrogen-bond donors (Lipinski definition) is 3. The number of aromatic nitrogens is 2. The SMILES string of the molecule is Cc1cc(C(=N)c2cc3cc(C4=CCCN(Cc5ccccc5)C4)c(=O)[nH]c3cc2N)ccn1. The lowest BCUT2D eigenvalue weighted by Crippen LogP contribution is -2.30. The van der Waals surface area contributed by atoms with E-state index in [2.05, 4.69) is 45.2 Å². The van der Waals surface area contributed by atoms with Gasteiger partial charge in [0.15, 0.2) is 0 Å². The fourth-order valence-electron chi connectivity index (χ4n) is 4.56. The standard InChI is InChI=1S/C28H27N5O/c1-18-12-20(9-10-31-18)27(30)24-14-22-13-23(28(34)32-26(22)15-25(24)29)21-8-5-11-33(17-21)16-19-6-3-2-4-7-19/h2-4,6-10,12-15,30H,5,11,16-17,29H2,1H3,(H,32,34). The van der Waals surface area contributed by atoms with Crippen molar-refractivity contribution < 1.29 is 0 Å². The van der Waals surface area contributed by atoms with Crippen LogP contribution in [-0.2, 0) is 6.54 Å². The number of pyridine rings is 2. The highest BCUT2D eigenvalue weighted by Gasteiger charge is 2.18. The molecule has 0 amide bonds. The van der Waals surface area contributed by atoms with E-state index in [1.807, 2.05) is 37.3 Å². The summed E-state index contributed by atoms with van der Waals surface area (Å²) in [4.78, 5) is 22.6. The predicted molar refractivity (Wildman–Crippen MR) is 138 cm³/mol. The normalized spacial score (nSPS) is 14.2. The van der Waals surface area contributed by atoms with Crippen molar-refractivity contribution in [2.45, 2.75) is 19.9 Å². The molecule has 1 aliphatic rings. The van der Waals surface area contributed by atoms with Crippen molar-refractivity contribution in [3.05, 3.63) is 111 Å². The van der Waals surface area contributed by atoms with Gasteiger partial charge in [-0.25, -0.2) is 0 Å². The number of anilines is 1. The van der Waals surface area contributed by atoms with Crippen LogP contribution < -0.4 is 11.3 Å². The van der Waals surface area contributed by atoms with Crippen molar-refractivity contribution in [2.24, 2.45) is 0 Å². The maximum Gasteiger partial charge on any atom is 0.256 e. The number of nitrogens with two attached hydrogens (primary N) is 1. The van der Waals surface area contributed by atoms with Crippen LogP contribution in [0.1, 0.15) is 34.4 Å². The highest BCUT2D eigenvalue weighted by atomic mass is 16.1. The minimum Gasteiger partial charge on any atom is -0.398 e. The third-order valence-corrected chi connectivity index (χ3v) is 6.29. The van der Waals surface area contributed by atoms with Gasteiger partial charge >= 0.3 is 0 Å². The summed E-state index contributed by atoms with van der Waals surface area (Å²) in [6.07, 6.45) is 4.76. The fraction of sp³-hybridized carbons (Fsp3) is 0.179. The zero-order valence-corrected chi connectivity index (χ0v) is 19.1. The van der Waals surface area contributed by atoms with Gasteiger partial charge in [-0.05, 0) is 60.2 Å². The number of nitrogens with one attached hydrogen (secondary N) is 2. The monoisotopic (exact) mass is 449 g/mol. The molecule has 0 saturated carbocycles. The van der Waals surface area contributed by atoms with Gasteiger partial charge in [-0.1, -0.05) is 36.4 Å². The molecule has 1 aliphatic heterocycles. The number of hydrogen-bond acceptors (Lipinski definition) is 5. The summed E-state index contributed by atoms with van der Waals surface area (Å²) in [5.74, 6) is 0. The zero-order valence-electron chi connectivity index (χ0n) is 19.1. The van der Waals surface area contributed by atoms with Crippen molar-refractivity contribution in [2.75, 3.05) is 18.8 Å². The number of rotatable bonds is 5. The second-order valence-corrected chi connectivity index (χ2v) is 8.81. The first-order valence-corrected chi connectivity index (χ1v) is 11.4. The van der Waals surface area contributed by atoms with Crippen LogP contribution in [0.15, 0.2) is 77.7 Å². The molecule has 2 aromatic carbocycles. The Morgan fingerprint density at radius 1 is 1.15 bits per heavy atom. The highest BCUT2D eigenvalue weighted by molar-refractivity contribution is 6.15. The molecule has 4 N–H and O–H groups in total. The molecule has 170 valence electrons. The quantitative estimate of drug-likeness (QED) is 0.308. The number of H-pyrrole nitrogens is 1. The van der Waals surface area contributed by atoms with E-state index in [4.69, 9.17) is 11.1 Å². The summed E-state index contributed by atoms with van der Waals surface area (Å²) in [6.45, 7) is 4.44. The van der Waals surface area contributed by atoms with E-state index < -0.39 is 0 Å². The molecule has 4 aromatic rings. The lowest BCUT2D eigenvalue weighted by Gasteiger charge is -2.27. The third-order valence-electron chi connectivity index (χ3n) is 6.29. The van der Waals surface area contributed by atoms with Gasteiger partial charge < -0.3 is 10.7 Å². The number of nitrogen functional groups attached to an aromatic ring is 1. The summed E-state index contributed by atoms with van der Waals surface area (Å²) < 4.78 is 0. The average molecular weight is 450 g/mol. The molecular formula is C28H27N5O. The van der Waals surface area contributed by atoms with Crippen molar-refractivity contribution in [3.63, 3.8) is 0 Å². The number of benzene rings is 2. The maximum atomic E-state index is 13.0. The minimum absolute atomic E-state index is 0.118. The second-order valence-electron chi connectivity index (χ2n) is 8.81. The first kappa shape index (κ1) is 21.8. The number of nitrogens with zero attached hydrogens (tertiary/aromatic N) is 2. The van der Waals surface area contributed by atoms with Crippen LogP contribution in [0.25, 0.3) is 16.5 Å². The van der Waals surface area contributed by atoms with Gasteiger partial charge in [-0.2, -0.15) is 0 Å². The molecule has 0 atom stereocenters. The topological polar surface area (TPSA) is 98.9 Å². The Bertz CT molecular complexity index is 1470. The summed E-state index contributed by atoms with van der Waals surface area (Å²) in [5.41, 5.74) is 12.9. The van der Waals surface area contributed by atoms with Gasteiger partial charge in [0.25, 0.3) is 5.56 Å². The smallest absolute Gasteiger partial charge is 0.256 e. The largest absolute Gasteiger partial charge is 0.398 e. The number of fused-ring (bicyclic) bond motifs is 1. The summed E-state index contributed by atoms with van der Waals surface area (Å²) in [5, 5.41) is 9.57. The molecule has 6 heteroatoms. The molecule has 6 nitrogen and oxygen atoms in total. The Morgan fingerprint density at radius 3 is 2.76 bits per heavy atom. The van der Waals surface area contributed by atoms with E-state index in [0.29, 0.717) is 28.0 Å². The van der Waals surface area contributed by atoms with E-state index in [0.717, 1.165) is 48.3 Å². The molecule has 3 heterocycles. The van der Waals surface area contributed by atoms with Crippen LogP contribution in [0, 0.1) is 12.3 Å². The van der Waals surface area contributed by atoms with Crippen LogP contribution >= 0.6 is 0 Å². The molecule has 0 fully saturated rings. The molecule has 0 bridgehead atoms. The third kappa shape index (κ3) is 4.40. The molecule has 0 unspecified atom stereocenters. The van der Waals surface area contributed by atoms with E-state index in [1.54, 1.807) is 12.3 Å². The Labute approximate surface area is 198 Å². The van der Waals surface area contributed by atoms with Gasteiger partial charge in [-0.15, -0.1) is 0 Å². The van der Waals surface area contributed by atoms with Crippen molar-refractivity contribution in [3.8, 4) is 0 Å². The Balaban J connectivity index is 1.48. The van der Waals surface area contributed by atoms with Crippen LogP contribution in [0.2, 0.25) is 0 Å². The van der Waals surface area contributed by atoms with E-state index >= 15 is 0 Å². The van der Waals surface area contributed by atoms with E-state index in [9.17, 15) is 4.79 Å². The molecular weight excluding hydrogens is 422 g/mol. The maximum absolute atomic E-state index is 13.0. The summed E-state index contributed by atoms with van der Waals surface area (Å²) >= 11 is 0. The van der Waals surface area contributed by atoms with Crippen LogP contribution in [0.3, 0.4) is 0 Å². The molecule has 5 rings (SSSR count). The van der Waals surface area contributed by atoms with E-state index in [-0.39, 0.29) is 5.56 Å². The van der Waals surface area contributed by atoms with Crippen molar-refractivity contribution in [1.82, 2.24) is 14.9 Å². The molecule has 0 radical (unpaired) electrons. The Hall–Kier alpha value is -4.03. The average Bonchev–Trinajstić information content (AvgIpc) is 2.84. The summed E-state index contributed by atoms with van der Waals surface area (Å²) in [7, 11) is 0. The molecule has 0 aliphatic carbocycles. The van der Waals surface area contributed by atoms with Gasteiger partial charge in [-0.3, -0.25) is 20.1 Å². The summed E-state index contributed by atoms with van der Waals surface area (Å²) in [6, 6.07) is 19.7. The Kier molecular flexibility index (Phi) is 5.82. The molecule has 34 heavy (non-hydrogen) atoms. The molecule has 0 spiro atoms.